The molecule has 1 atom stereocenters. The van der Waals surface area contributed by atoms with E-state index >= 15 is 0 Å². The van der Waals surface area contributed by atoms with Gasteiger partial charge in [0.15, 0.2) is 5.82 Å². The summed E-state index contributed by atoms with van der Waals surface area (Å²) in [4.78, 5) is 15.5. The molecule has 3 aromatic rings. The van der Waals surface area contributed by atoms with E-state index in [9.17, 15) is 22.4 Å². The molecular weight excluding hydrogens is 396 g/mol. The van der Waals surface area contributed by atoms with Crippen molar-refractivity contribution in [1.29, 1.82) is 0 Å². The molecule has 0 spiro atoms. The molecule has 0 aliphatic carbocycles. The van der Waals surface area contributed by atoms with Gasteiger partial charge in [0.2, 0.25) is 0 Å². The Labute approximate surface area is 161 Å². The zero-order chi connectivity index (χ0) is 21.0. The van der Waals surface area contributed by atoms with Crippen molar-refractivity contribution in [2.24, 2.45) is 0 Å². The van der Waals surface area contributed by atoms with Gasteiger partial charge in [0.25, 0.3) is 0 Å². The van der Waals surface area contributed by atoms with Crippen LogP contribution in [0.4, 0.5) is 23.2 Å². The van der Waals surface area contributed by atoms with Crippen molar-refractivity contribution >= 4 is 11.7 Å². The summed E-state index contributed by atoms with van der Waals surface area (Å²) in [6, 6.07) is 7.91. The standard InChI is InChI=1S/C18H14F4N4O3/c1-28-17(27)11-4-7-14(13(19)8-11)25-15(16-23-9-24-26-16)10-2-5-12(6-3-10)29-18(20,21)22/h2-9,15,25H,1H3,(H,23,24,26). The van der Waals surface area contributed by atoms with E-state index in [-0.39, 0.29) is 17.1 Å². The number of H-pyrrole nitrogens is 1. The van der Waals surface area contributed by atoms with E-state index in [0.717, 1.165) is 18.2 Å². The molecule has 29 heavy (non-hydrogen) atoms. The number of carbonyl (C=O) groups excluding carboxylic acids is 1. The smallest absolute Gasteiger partial charge is 0.465 e. The second-order valence-electron chi connectivity index (χ2n) is 5.74. The van der Waals surface area contributed by atoms with E-state index in [1.54, 1.807) is 0 Å². The summed E-state index contributed by atoms with van der Waals surface area (Å²) in [7, 11) is 1.18. The first-order valence-corrected chi connectivity index (χ1v) is 8.12. The molecule has 1 unspecified atom stereocenters. The number of carbonyl (C=O) groups is 1. The van der Waals surface area contributed by atoms with Gasteiger partial charge in [0.05, 0.1) is 18.4 Å². The van der Waals surface area contributed by atoms with E-state index in [2.05, 4.69) is 30.0 Å². The third-order valence-corrected chi connectivity index (χ3v) is 3.83. The molecule has 11 heteroatoms. The maximum atomic E-state index is 14.5. The summed E-state index contributed by atoms with van der Waals surface area (Å²) in [6.45, 7) is 0. The Kier molecular flexibility index (Phi) is 5.66. The lowest BCUT2D eigenvalue weighted by Gasteiger charge is -2.19. The summed E-state index contributed by atoms with van der Waals surface area (Å²) < 4.78 is 59.9. The van der Waals surface area contributed by atoms with Gasteiger partial charge in [-0.15, -0.1) is 13.2 Å². The van der Waals surface area contributed by atoms with Gasteiger partial charge in [-0.25, -0.2) is 14.2 Å². The Hall–Kier alpha value is -3.63. The Balaban J connectivity index is 1.89. The number of esters is 1. The zero-order valence-electron chi connectivity index (χ0n) is 14.8. The first-order chi connectivity index (χ1) is 13.8. The van der Waals surface area contributed by atoms with E-state index in [4.69, 9.17) is 0 Å². The zero-order valence-corrected chi connectivity index (χ0v) is 14.8. The molecule has 0 aliphatic rings. The largest absolute Gasteiger partial charge is 0.573 e. The van der Waals surface area contributed by atoms with Crippen LogP contribution in [0.15, 0.2) is 48.8 Å². The highest BCUT2D eigenvalue weighted by molar-refractivity contribution is 5.89. The molecule has 0 radical (unpaired) electrons. The van der Waals surface area contributed by atoms with Crippen LogP contribution in [0, 0.1) is 5.82 Å². The summed E-state index contributed by atoms with van der Waals surface area (Å²) in [5, 5.41) is 9.36. The van der Waals surface area contributed by atoms with E-state index in [0.29, 0.717) is 5.56 Å². The normalized spacial score (nSPS) is 12.3. The van der Waals surface area contributed by atoms with Crippen molar-refractivity contribution in [2.75, 3.05) is 12.4 Å². The molecule has 1 aromatic heterocycles. The molecule has 0 aliphatic heterocycles. The Bertz CT molecular complexity index is 976. The van der Waals surface area contributed by atoms with Gasteiger partial charge in [0.1, 0.15) is 23.9 Å². The van der Waals surface area contributed by atoms with Gasteiger partial charge in [-0.1, -0.05) is 12.1 Å². The molecular formula is C18H14F4N4O3. The first kappa shape index (κ1) is 20.1. The molecule has 0 amide bonds. The van der Waals surface area contributed by atoms with Crippen LogP contribution in [0.2, 0.25) is 0 Å². The van der Waals surface area contributed by atoms with Crippen molar-refractivity contribution in [3.05, 3.63) is 71.6 Å². The molecule has 3 rings (SSSR count). The highest BCUT2D eigenvalue weighted by Gasteiger charge is 2.31. The lowest BCUT2D eigenvalue weighted by atomic mass is 10.1. The molecule has 0 saturated heterocycles. The van der Waals surface area contributed by atoms with Gasteiger partial charge in [-0.2, -0.15) is 5.10 Å². The van der Waals surface area contributed by atoms with Gasteiger partial charge in [-0.3, -0.25) is 5.10 Å². The van der Waals surface area contributed by atoms with Crippen LogP contribution in [-0.4, -0.2) is 34.6 Å². The Morgan fingerprint density at radius 3 is 2.45 bits per heavy atom. The summed E-state index contributed by atoms with van der Waals surface area (Å²) in [6.07, 6.45) is -3.50. The number of halogens is 4. The molecule has 152 valence electrons. The molecule has 0 saturated carbocycles. The van der Waals surface area contributed by atoms with Crippen LogP contribution < -0.4 is 10.1 Å². The van der Waals surface area contributed by atoms with Crippen LogP contribution in [0.5, 0.6) is 5.75 Å². The minimum absolute atomic E-state index is 0.0265. The number of aromatic amines is 1. The predicted octanol–water partition coefficient (Wildman–Crippen LogP) is 3.83. The van der Waals surface area contributed by atoms with Crippen LogP contribution in [0.25, 0.3) is 0 Å². The number of methoxy groups -OCH3 is 1. The number of rotatable bonds is 6. The van der Waals surface area contributed by atoms with Crippen LogP contribution >= 0.6 is 0 Å². The van der Waals surface area contributed by atoms with E-state index in [1.807, 2.05) is 0 Å². The fourth-order valence-corrected chi connectivity index (χ4v) is 2.55. The molecule has 2 aromatic carbocycles. The number of nitrogens with zero attached hydrogens (tertiary/aromatic N) is 2. The number of hydrogen-bond acceptors (Lipinski definition) is 6. The number of alkyl halides is 3. The van der Waals surface area contributed by atoms with Crippen LogP contribution in [0.3, 0.4) is 0 Å². The second-order valence-corrected chi connectivity index (χ2v) is 5.74. The lowest BCUT2D eigenvalue weighted by molar-refractivity contribution is -0.274. The minimum Gasteiger partial charge on any atom is -0.465 e. The van der Waals surface area contributed by atoms with E-state index in [1.165, 1.54) is 37.7 Å². The van der Waals surface area contributed by atoms with Gasteiger partial charge in [-0.05, 0) is 35.9 Å². The first-order valence-electron chi connectivity index (χ1n) is 8.12. The summed E-state index contributed by atoms with van der Waals surface area (Å²) >= 11 is 0. The maximum absolute atomic E-state index is 14.5. The van der Waals surface area contributed by atoms with Crippen LogP contribution in [-0.2, 0) is 4.74 Å². The van der Waals surface area contributed by atoms with Crippen LogP contribution in [0.1, 0.15) is 27.8 Å². The van der Waals surface area contributed by atoms with Gasteiger partial charge >= 0.3 is 12.3 Å². The Morgan fingerprint density at radius 2 is 1.90 bits per heavy atom. The average molecular weight is 410 g/mol. The third kappa shape index (κ3) is 5.00. The van der Waals surface area contributed by atoms with Crippen molar-refractivity contribution in [2.45, 2.75) is 12.4 Å². The SMILES string of the molecule is COC(=O)c1ccc(NC(c2ccc(OC(F)(F)F)cc2)c2nc[nH]n2)c(F)c1. The summed E-state index contributed by atoms with van der Waals surface area (Å²) in [5.74, 6) is -1.60. The third-order valence-electron chi connectivity index (χ3n) is 3.83. The van der Waals surface area contributed by atoms with E-state index < -0.39 is 29.9 Å². The number of anilines is 1. The van der Waals surface area contributed by atoms with Gasteiger partial charge in [0, 0.05) is 0 Å². The fourth-order valence-electron chi connectivity index (χ4n) is 2.55. The van der Waals surface area contributed by atoms with Crippen molar-refractivity contribution in [3.8, 4) is 5.75 Å². The fraction of sp³-hybridized carbons (Fsp3) is 0.167. The highest BCUT2D eigenvalue weighted by Crippen LogP contribution is 2.29. The number of ether oxygens (including phenoxy) is 2. The second kappa shape index (κ2) is 8.17. The van der Waals surface area contributed by atoms with Crippen molar-refractivity contribution in [1.82, 2.24) is 15.2 Å². The average Bonchev–Trinajstić information content (AvgIpc) is 3.20. The highest BCUT2D eigenvalue weighted by atomic mass is 19.4. The number of benzene rings is 2. The molecule has 2 N–H and O–H groups in total. The number of aromatic nitrogens is 3. The lowest BCUT2D eigenvalue weighted by Crippen LogP contribution is -2.18. The van der Waals surface area contributed by atoms with Gasteiger partial charge < -0.3 is 14.8 Å². The quantitative estimate of drug-likeness (QED) is 0.474. The maximum Gasteiger partial charge on any atom is 0.573 e. The summed E-state index contributed by atoms with van der Waals surface area (Å²) in [5.41, 5.74) is 0.511. The number of nitrogens with one attached hydrogen (secondary N) is 2. The molecule has 1 heterocycles. The molecule has 0 fully saturated rings. The Morgan fingerprint density at radius 1 is 1.17 bits per heavy atom. The minimum atomic E-state index is -4.81. The molecule has 0 bridgehead atoms. The predicted molar refractivity (Wildman–Crippen MR) is 92.7 cm³/mol. The van der Waals surface area contributed by atoms with Crippen molar-refractivity contribution < 1.29 is 31.8 Å². The number of hydrogen-bond donors (Lipinski definition) is 2. The topological polar surface area (TPSA) is 89.1 Å². The monoisotopic (exact) mass is 410 g/mol. The molecule has 7 nitrogen and oxygen atoms in total. The van der Waals surface area contributed by atoms with Crippen molar-refractivity contribution in [3.63, 3.8) is 0 Å².